The second kappa shape index (κ2) is 5.96. The second-order valence-electron chi connectivity index (χ2n) is 4.11. The highest BCUT2D eigenvalue weighted by Crippen LogP contribution is 2.11. The molecule has 0 bridgehead atoms. The van der Waals surface area contributed by atoms with Crippen LogP contribution in [0.15, 0.2) is 0 Å². The molecule has 1 N–H and O–H groups in total. The number of hydrogen-bond donors (Lipinski definition) is 1. The number of imide groups is 1. The molecule has 2 amide bonds. The molecule has 1 aliphatic rings. The Kier molecular flexibility index (Phi) is 4.89. The van der Waals surface area contributed by atoms with Crippen LogP contribution < -0.4 is 5.32 Å². The van der Waals surface area contributed by atoms with Crippen LogP contribution in [-0.2, 0) is 14.3 Å². The number of ether oxygens (including phenoxy) is 1. The molecule has 1 saturated heterocycles. The number of rotatable bonds is 5. The average molecular weight is 228 g/mol. The lowest BCUT2D eigenvalue weighted by molar-refractivity contribution is -0.148. The highest BCUT2D eigenvalue weighted by atomic mass is 16.5. The van der Waals surface area contributed by atoms with Gasteiger partial charge in [-0.15, -0.1) is 0 Å². The number of carbonyl (C=O) groups is 2. The fraction of sp³-hybridized carbons (Fsp3) is 0.818. The van der Waals surface area contributed by atoms with Crippen molar-refractivity contribution in [2.45, 2.75) is 38.8 Å². The van der Waals surface area contributed by atoms with Crippen molar-refractivity contribution in [1.82, 2.24) is 10.2 Å². The maximum atomic E-state index is 11.7. The van der Waals surface area contributed by atoms with Crippen molar-refractivity contribution in [1.29, 1.82) is 0 Å². The van der Waals surface area contributed by atoms with Crippen LogP contribution in [0.3, 0.4) is 0 Å². The summed E-state index contributed by atoms with van der Waals surface area (Å²) < 4.78 is 5.27. The molecule has 1 rings (SSSR count). The third-order valence-electron chi connectivity index (χ3n) is 2.71. The van der Waals surface area contributed by atoms with E-state index >= 15 is 0 Å². The summed E-state index contributed by atoms with van der Waals surface area (Å²) in [6.45, 7) is 5.16. The van der Waals surface area contributed by atoms with E-state index in [9.17, 15) is 9.59 Å². The Hall–Kier alpha value is -0.940. The third kappa shape index (κ3) is 3.28. The van der Waals surface area contributed by atoms with Crippen LogP contribution >= 0.6 is 0 Å². The van der Waals surface area contributed by atoms with E-state index in [1.165, 1.54) is 11.9 Å². The molecular weight excluding hydrogens is 208 g/mol. The maximum absolute atomic E-state index is 11.7. The van der Waals surface area contributed by atoms with E-state index < -0.39 is 0 Å². The summed E-state index contributed by atoms with van der Waals surface area (Å²) in [6, 6.07) is -0.131. The first kappa shape index (κ1) is 13.1. The van der Waals surface area contributed by atoms with Gasteiger partial charge in [-0.1, -0.05) is 0 Å². The van der Waals surface area contributed by atoms with Gasteiger partial charge in [-0.2, -0.15) is 0 Å². The van der Waals surface area contributed by atoms with Gasteiger partial charge < -0.3 is 10.1 Å². The highest BCUT2D eigenvalue weighted by molar-refractivity contribution is 6.00. The zero-order valence-corrected chi connectivity index (χ0v) is 10.2. The van der Waals surface area contributed by atoms with Crippen LogP contribution in [0.2, 0.25) is 0 Å². The summed E-state index contributed by atoms with van der Waals surface area (Å²) in [6.07, 6.45) is 1.01. The molecule has 1 fully saturated rings. The van der Waals surface area contributed by atoms with Crippen molar-refractivity contribution < 1.29 is 14.3 Å². The maximum Gasteiger partial charge on any atom is 0.246 e. The van der Waals surface area contributed by atoms with Gasteiger partial charge in [0, 0.05) is 26.1 Å². The van der Waals surface area contributed by atoms with Gasteiger partial charge in [0.25, 0.3) is 0 Å². The number of amides is 2. The van der Waals surface area contributed by atoms with Crippen LogP contribution in [0, 0.1) is 0 Å². The standard InChI is InChI=1S/C11H20N2O3/c1-4-16-7-8(2)12-9-5-6-10(14)13(3)11(9)15/h8-9,12H,4-7H2,1-3H3. The van der Waals surface area contributed by atoms with Crippen LogP contribution in [0.4, 0.5) is 0 Å². The van der Waals surface area contributed by atoms with Crippen LogP contribution in [0.1, 0.15) is 26.7 Å². The molecule has 92 valence electrons. The molecule has 1 heterocycles. The van der Waals surface area contributed by atoms with E-state index in [-0.39, 0.29) is 23.9 Å². The van der Waals surface area contributed by atoms with Crippen molar-refractivity contribution in [3.8, 4) is 0 Å². The predicted molar refractivity (Wildman–Crippen MR) is 59.9 cm³/mol. The topological polar surface area (TPSA) is 58.6 Å². The minimum absolute atomic E-state index is 0.0967. The lowest BCUT2D eigenvalue weighted by atomic mass is 10.0. The number of hydrogen-bond acceptors (Lipinski definition) is 4. The Bertz CT molecular complexity index is 268. The van der Waals surface area contributed by atoms with E-state index in [1.54, 1.807) is 0 Å². The molecule has 2 unspecified atom stereocenters. The number of piperidine rings is 1. The van der Waals surface area contributed by atoms with Crippen molar-refractivity contribution >= 4 is 11.8 Å². The molecular formula is C11H20N2O3. The van der Waals surface area contributed by atoms with Gasteiger partial charge >= 0.3 is 0 Å². The summed E-state index contributed by atoms with van der Waals surface area (Å²) in [5, 5.41) is 3.19. The molecule has 2 atom stereocenters. The van der Waals surface area contributed by atoms with E-state index in [0.29, 0.717) is 26.1 Å². The molecule has 5 nitrogen and oxygen atoms in total. The van der Waals surface area contributed by atoms with Crippen LogP contribution in [-0.4, -0.2) is 49.1 Å². The average Bonchev–Trinajstić information content (AvgIpc) is 2.27. The SMILES string of the molecule is CCOCC(C)NC1CCC(=O)N(C)C1=O. The number of nitrogens with one attached hydrogen (secondary N) is 1. The Morgan fingerprint density at radius 3 is 2.88 bits per heavy atom. The monoisotopic (exact) mass is 228 g/mol. The van der Waals surface area contributed by atoms with E-state index in [1.807, 2.05) is 13.8 Å². The molecule has 0 radical (unpaired) electrons. The minimum atomic E-state index is -0.252. The lowest BCUT2D eigenvalue weighted by Gasteiger charge is -2.30. The number of carbonyl (C=O) groups excluding carboxylic acids is 2. The quantitative estimate of drug-likeness (QED) is 0.680. The van der Waals surface area contributed by atoms with E-state index in [4.69, 9.17) is 4.74 Å². The van der Waals surface area contributed by atoms with E-state index in [2.05, 4.69) is 5.32 Å². The van der Waals surface area contributed by atoms with Crippen LogP contribution in [0.25, 0.3) is 0 Å². The molecule has 16 heavy (non-hydrogen) atoms. The molecule has 1 aliphatic heterocycles. The summed E-state index contributed by atoms with van der Waals surface area (Å²) in [5.74, 6) is -0.236. The number of nitrogens with zero attached hydrogens (tertiary/aromatic N) is 1. The van der Waals surface area contributed by atoms with Crippen LogP contribution in [0.5, 0.6) is 0 Å². The van der Waals surface area contributed by atoms with Gasteiger partial charge in [0.15, 0.2) is 0 Å². The fourth-order valence-corrected chi connectivity index (χ4v) is 1.76. The van der Waals surface area contributed by atoms with Crippen molar-refractivity contribution in [3.05, 3.63) is 0 Å². The Balaban J connectivity index is 2.42. The molecule has 0 saturated carbocycles. The third-order valence-corrected chi connectivity index (χ3v) is 2.71. The predicted octanol–water partition coefficient (Wildman–Crippen LogP) is 0.148. The zero-order valence-electron chi connectivity index (χ0n) is 10.2. The van der Waals surface area contributed by atoms with E-state index in [0.717, 1.165) is 0 Å². The normalized spacial score (nSPS) is 23.7. The Labute approximate surface area is 96.1 Å². The smallest absolute Gasteiger partial charge is 0.246 e. The van der Waals surface area contributed by atoms with Gasteiger partial charge in [-0.05, 0) is 20.3 Å². The number of likely N-dealkylation sites (N-methyl/N-ethyl adjacent to an activating group) is 1. The molecule has 5 heteroatoms. The van der Waals surface area contributed by atoms with Crippen molar-refractivity contribution in [3.63, 3.8) is 0 Å². The molecule has 0 spiro atoms. The first-order chi connectivity index (χ1) is 7.56. The summed E-state index contributed by atoms with van der Waals surface area (Å²) >= 11 is 0. The molecule has 0 aromatic carbocycles. The van der Waals surface area contributed by atoms with Gasteiger partial charge in [0.2, 0.25) is 11.8 Å². The van der Waals surface area contributed by atoms with Crippen molar-refractivity contribution in [2.75, 3.05) is 20.3 Å². The first-order valence-electron chi connectivity index (χ1n) is 5.70. The molecule has 0 aromatic heterocycles. The minimum Gasteiger partial charge on any atom is -0.380 e. The first-order valence-corrected chi connectivity index (χ1v) is 5.70. The summed E-state index contributed by atoms with van der Waals surface area (Å²) in [7, 11) is 1.53. The molecule has 0 aromatic rings. The largest absolute Gasteiger partial charge is 0.380 e. The van der Waals surface area contributed by atoms with Gasteiger partial charge in [-0.25, -0.2) is 0 Å². The summed E-state index contributed by atoms with van der Waals surface area (Å²) in [5.41, 5.74) is 0. The molecule has 0 aliphatic carbocycles. The second-order valence-corrected chi connectivity index (χ2v) is 4.11. The van der Waals surface area contributed by atoms with Gasteiger partial charge in [0.1, 0.15) is 0 Å². The fourth-order valence-electron chi connectivity index (χ4n) is 1.76. The van der Waals surface area contributed by atoms with Crippen molar-refractivity contribution in [2.24, 2.45) is 0 Å². The Morgan fingerprint density at radius 2 is 2.25 bits per heavy atom. The summed E-state index contributed by atoms with van der Waals surface area (Å²) in [4.78, 5) is 24.2. The zero-order chi connectivity index (χ0) is 12.1. The van der Waals surface area contributed by atoms with Gasteiger partial charge in [0.05, 0.1) is 12.6 Å². The highest BCUT2D eigenvalue weighted by Gasteiger charge is 2.32. The lowest BCUT2D eigenvalue weighted by Crippen LogP contribution is -2.54. The Morgan fingerprint density at radius 1 is 1.56 bits per heavy atom. The van der Waals surface area contributed by atoms with Gasteiger partial charge in [-0.3, -0.25) is 14.5 Å². The number of likely N-dealkylation sites (tertiary alicyclic amines) is 1.